The number of hydrogen-bond acceptors (Lipinski definition) is 4. The molecule has 0 radical (unpaired) electrons. The summed E-state index contributed by atoms with van der Waals surface area (Å²) in [5.41, 5.74) is 1.05. The molecule has 2 fully saturated rings. The molecule has 2 unspecified atom stereocenters. The number of likely N-dealkylation sites (tertiary alicyclic amines) is 1. The molecule has 0 aliphatic carbocycles. The summed E-state index contributed by atoms with van der Waals surface area (Å²) in [6.07, 6.45) is 3.21. The molecule has 1 N–H and O–H groups in total. The van der Waals surface area contributed by atoms with Crippen LogP contribution in [-0.2, 0) is 9.59 Å². The molecule has 0 saturated carbocycles. The third kappa shape index (κ3) is 2.70. The number of thiazole rings is 1. The van der Waals surface area contributed by atoms with Crippen LogP contribution < -0.4 is 5.32 Å². The maximum atomic E-state index is 12.4. The smallest absolute Gasteiger partial charge is 0.245 e. The Balaban J connectivity index is 1.66. The zero-order valence-electron chi connectivity index (χ0n) is 11.6. The second-order valence-corrected chi connectivity index (χ2v) is 6.50. The van der Waals surface area contributed by atoms with Crippen LogP contribution >= 0.6 is 11.3 Å². The molecule has 6 heteroatoms. The molecule has 2 saturated heterocycles. The number of hydrogen-bond donors (Lipinski definition) is 1. The van der Waals surface area contributed by atoms with Crippen molar-refractivity contribution in [2.75, 3.05) is 13.1 Å². The van der Waals surface area contributed by atoms with Crippen molar-refractivity contribution in [2.45, 2.75) is 44.6 Å². The van der Waals surface area contributed by atoms with E-state index in [-0.39, 0.29) is 17.9 Å². The van der Waals surface area contributed by atoms with Gasteiger partial charge in [-0.25, -0.2) is 4.98 Å². The van der Waals surface area contributed by atoms with Gasteiger partial charge in [-0.2, -0.15) is 0 Å². The van der Waals surface area contributed by atoms with Crippen molar-refractivity contribution in [3.05, 3.63) is 16.1 Å². The highest BCUT2D eigenvalue weighted by molar-refractivity contribution is 7.09. The van der Waals surface area contributed by atoms with Crippen LogP contribution in [0.15, 0.2) is 5.38 Å². The van der Waals surface area contributed by atoms with E-state index < -0.39 is 0 Å². The minimum atomic E-state index is -0.306. The average Bonchev–Trinajstić information content (AvgIpc) is 3.07. The van der Waals surface area contributed by atoms with Crippen molar-refractivity contribution >= 4 is 23.2 Å². The molecule has 3 rings (SSSR count). The molecule has 0 spiro atoms. The standard InChI is InChI=1S/C14H19N3O2S/c1-9-8-20-13(15-9)10-3-2-6-17(7-10)14(19)11-4-5-12(18)16-11/h8,10-11H,2-7H2,1H3,(H,16,18). The summed E-state index contributed by atoms with van der Waals surface area (Å²) in [5.74, 6) is 0.421. The second kappa shape index (κ2) is 5.52. The monoisotopic (exact) mass is 293 g/mol. The van der Waals surface area contributed by atoms with Crippen molar-refractivity contribution in [3.63, 3.8) is 0 Å². The molecule has 2 amide bonds. The first kappa shape index (κ1) is 13.5. The van der Waals surface area contributed by atoms with Gasteiger partial charge in [0.15, 0.2) is 0 Å². The Kier molecular flexibility index (Phi) is 3.74. The first-order valence-corrected chi connectivity index (χ1v) is 8.01. The summed E-state index contributed by atoms with van der Waals surface area (Å²) in [6.45, 7) is 3.53. The fourth-order valence-electron chi connectivity index (χ4n) is 2.96. The fraction of sp³-hybridized carbons (Fsp3) is 0.643. The minimum Gasteiger partial charge on any atom is -0.344 e. The van der Waals surface area contributed by atoms with Gasteiger partial charge < -0.3 is 10.2 Å². The van der Waals surface area contributed by atoms with Crippen molar-refractivity contribution in [1.82, 2.24) is 15.2 Å². The lowest BCUT2D eigenvalue weighted by molar-refractivity contribution is -0.135. The van der Waals surface area contributed by atoms with Gasteiger partial charge in [0, 0.05) is 36.5 Å². The van der Waals surface area contributed by atoms with E-state index in [9.17, 15) is 9.59 Å². The van der Waals surface area contributed by atoms with E-state index in [4.69, 9.17) is 0 Å². The second-order valence-electron chi connectivity index (χ2n) is 5.61. The Morgan fingerprint density at radius 3 is 3.00 bits per heavy atom. The Labute approximate surface area is 122 Å². The number of nitrogens with one attached hydrogen (secondary N) is 1. The number of nitrogens with zero attached hydrogens (tertiary/aromatic N) is 2. The summed E-state index contributed by atoms with van der Waals surface area (Å²) in [5, 5.41) is 5.96. The van der Waals surface area contributed by atoms with Gasteiger partial charge >= 0.3 is 0 Å². The quantitative estimate of drug-likeness (QED) is 0.897. The molecule has 2 aliphatic rings. The summed E-state index contributed by atoms with van der Waals surface area (Å²) in [4.78, 5) is 30.1. The van der Waals surface area contributed by atoms with E-state index in [0.717, 1.165) is 36.6 Å². The largest absolute Gasteiger partial charge is 0.344 e. The number of carbonyl (C=O) groups is 2. The number of piperidine rings is 1. The molecule has 0 bridgehead atoms. The topological polar surface area (TPSA) is 62.3 Å². The predicted octanol–water partition coefficient (Wildman–Crippen LogP) is 1.44. The Morgan fingerprint density at radius 1 is 1.50 bits per heavy atom. The van der Waals surface area contributed by atoms with Gasteiger partial charge in [-0.15, -0.1) is 11.3 Å². The zero-order valence-corrected chi connectivity index (χ0v) is 12.4. The number of rotatable bonds is 2. The fourth-order valence-corrected chi connectivity index (χ4v) is 3.88. The van der Waals surface area contributed by atoms with Crippen molar-refractivity contribution in [2.24, 2.45) is 0 Å². The van der Waals surface area contributed by atoms with Crippen LogP contribution in [0.4, 0.5) is 0 Å². The van der Waals surface area contributed by atoms with E-state index in [1.165, 1.54) is 0 Å². The van der Waals surface area contributed by atoms with Crippen LogP contribution in [0.25, 0.3) is 0 Å². The zero-order chi connectivity index (χ0) is 14.1. The van der Waals surface area contributed by atoms with Crippen LogP contribution in [0.2, 0.25) is 0 Å². The van der Waals surface area contributed by atoms with Gasteiger partial charge in [0.1, 0.15) is 6.04 Å². The van der Waals surface area contributed by atoms with Crippen LogP contribution in [0, 0.1) is 6.92 Å². The van der Waals surface area contributed by atoms with E-state index in [0.29, 0.717) is 18.8 Å². The maximum absolute atomic E-state index is 12.4. The number of aryl methyl sites for hydroxylation is 1. The average molecular weight is 293 g/mol. The molecule has 2 atom stereocenters. The maximum Gasteiger partial charge on any atom is 0.245 e. The van der Waals surface area contributed by atoms with E-state index in [1.54, 1.807) is 11.3 Å². The van der Waals surface area contributed by atoms with Crippen molar-refractivity contribution in [3.8, 4) is 0 Å². The Hall–Kier alpha value is -1.43. The summed E-state index contributed by atoms with van der Waals surface area (Å²) < 4.78 is 0. The van der Waals surface area contributed by atoms with Gasteiger partial charge in [-0.3, -0.25) is 9.59 Å². The first-order valence-electron chi connectivity index (χ1n) is 7.13. The van der Waals surface area contributed by atoms with Crippen LogP contribution in [0.3, 0.4) is 0 Å². The van der Waals surface area contributed by atoms with Gasteiger partial charge in [0.05, 0.1) is 5.01 Å². The van der Waals surface area contributed by atoms with Crippen LogP contribution in [0.5, 0.6) is 0 Å². The summed E-state index contributed by atoms with van der Waals surface area (Å²) in [6, 6.07) is -0.306. The molecule has 2 aliphatic heterocycles. The molecule has 0 aromatic carbocycles. The highest BCUT2D eigenvalue weighted by Gasteiger charge is 2.33. The Bertz CT molecular complexity index is 528. The normalized spacial score (nSPS) is 26.6. The molecule has 1 aromatic heterocycles. The summed E-state index contributed by atoms with van der Waals surface area (Å²) in [7, 11) is 0. The highest BCUT2D eigenvalue weighted by Crippen LogP contribution is 2.29. The molecule has 1 aromatic rings. The lowest BCUT2D eigenvalue weighted by Crippen LogP contribution is -2.48. The predicted molar refractivity (Wildman–Crippen MR) is 76.6 cm³/mol. The molecule has 5 nitrogen and oxygen atoms in total. The van der Waals surface area contributed by atoms with E-state index in [2.05, 4.69) is 15.7 Å². The number of carbonyl (C=O) groups excluding carboxylic acids is 2. The lowest BCUT2D eigenvalue weighted by atomic mass is 9.98. The van der Waals surface area contributed by atoms with Crippen molar-refractivity contribution in [1.29, 1.82) is 0 Å². The Morgan fingerprint density at radius 2 is 2.35 bits per heavy atom. The molecule has 20 heavy (non-hydrogen) atoms. The molecular weight excluding hydrogens is 274 g/mol. The van der Waals surface area contributed by atoms with E-state index >= 15 is 0 Å². The third-order valence-electron chi connectivity index (χ3n) is 4.01. The highest BCUT2D eigenvalue weighted by atomic mass is 32.1. The van der Waals surface area contributed by atoms with Gasteiger partial charge in [-0.05, 0) is 26.2 Å². The SMILES string of the molecule is Cc1csc(C2CCCN(C(=O)C3CCC(=O)N3)C2)n1. The molecular formula is C14H19N3O2S. The van der Waals surface area contributed by atoms with Gasteiger partial charge in [0.25, 0.3) is 0 Å². The molecule has 3 heterocycles. The third-order valence-corrected chi connectivity index (χ3v) is 5.14. The van der Waals surface area contributed by atoms with Crippen LogP contribution in [0.1, 0.15) is 42.3 Å². The van der Waals surface area contributed by atoms with E-state index in [1.807, 2.05) is 11.8 Å². The van der Waals surface area contributed by atoms with Gasteiger partial charge in [-0.1, -0.05) is 0 Å². The molecule has 108 valence electrons. The lowest BCUT2D eigenvalue weighted by Gasteiger charge is -2.33. The minimum absolute atomic E-state index is 0.00698. The van der Waals surface area contributed by atoms with Gasteiger partial charge in [0.2, 0.25) is 11.8 Å². The van der Waals surface area contributed by atoms with Crippen molar-refractivity contribution < 1.29 is 9.59 Å². The van der Waals surface area contributed by atoms with Crippen LogP contribution in [-0.4, -0.2) is 40.8 Å². The summed E-state index contributed by atoms with van der Waals surface area (Å²) >= 11 is 1.68. The number of amides is 2. The number of aromatic nitrogens is 1. The first-order chi connectivity index (χ1) is 9.63.